The van der Waals surface area contributed by atoms with Crippen LogP contribution in [0.4, 0.5) is 0 Å². The molecule has 2 N–H and O–H groups in total. The minimum atomic E-state index is -0.784. The Morgan fingerprint density at radius 1 is 0.783 bits per heavy atom. The highest BCUT2D eigenvalue weighted by molar-refractivity contribution is 7.52. The SMILES string of the molecule is CCC.CCC.CCCP(O)C1CCCCC1C1CCCC1O. The van der Waals surface area contributed by atoms with Gasteiger partial charge in [-0.05, 0) is 43.7 Å². The van der Waals surface area contributed by atoms with Gasteiger partial charge in [0.15, 0.2) is 0 Å². The maximum absolute atomic E-state index is 10.4. The lowest BCUT2D eigenvalue weighted by Crippen LogP contribution is -2.34. The molecule has 0 saturated heterocycles. The molecule has 3 heteroatoms. The van der Waals surface area contributed by atoms with Crippen LogP contribution in [0.5, 0.6) is 0 Å². The second kappa shape index (κ2) is 14.7. The molecule has 0 aromatic carbocycles. The van der Waals surface area contributed by atoms with Crippen LogP contribution in [0.25, 0.3) is 0 Å². The molecule has 0 aromatic rings. The first-order chi connectivity index (χ1) is 11.1. The van der Waals surface area contributed by atoms with Crippen LogP contribution < -0.4 is 0 Å². The van der Waals surface area contributed by atoms with Gasteiger partial charge >= 0.3 is 0 Å². The average Bonchev–Trinajstić information content (AvgIpc) is 2.95. The van der Waals surface area contributed by atoms with Crippen LogP contribution >= 0.6 is 8.15 Å². The fraction of sp³-hybridized carbons (Fsp3) is 1.00. The van der Waals surface area contributed by atoms with Crippen molar-refractivity contribution in [2.75, 3.05) is 6.16 Å². The van der Waals surface area contributed by atoms with Gasteiger partial charge in [-0.25, -0.2) is 0 Å². The predicted octanol–water partition coefficient (Wildman–Crippen LogP) is 6.34. The molecule has 23 heavy (non-hydrogen) atoms. The first-order valence-corrected chi connectivity index (χ1v) is 11.8. The molecule has 5 atom stereocenters. The normalized spacial score (nSPS) is 31.4. The van der Waals surface area contributed by atoms with Crippen molar-refractivity contribution < 1.29 is 10.00 Å². The van der Waals surface area contributed by atoms with Crippen molar-refractivity contribution in [2.45, 2.75) is 111 Å². The Bertz CT molecular complexity index is 258. The van der Waals surface area contributed by atoms with Crippen LogP contribution in [0.2, 0.25) is 0 Å². The molecule has 140 valence electrons. The molecule has 0 amide bonds. The highest BCUT2D eigenvalue weighted by atomic mass is 31.1. The Balaban J connectivity index is 0.000000704. The van der Waals surface area contributed by atoms with Gasteiger partial charge in [0.2, 0.25) is 0 Å². The van der Waals surface area contributed by atoms with E-state index in [1.807, 2.05) is 0 Å². The van der Waals surface area contributed by atoms with Gasteiger partial charge in [-0.3, -0.25) is 0 Å². The third kappa shape index (κ3) is 8.84. The number of hydrogen-bond donors (Lipinski definition) is 2. The van der Waals surface area contributed by atoms with Crippen LogP contribution in [0, 0.1) is 11.8 Å². The van der Waals surface area contributed by atoms with E-state index in [1.54, 1.807) is 0 Å². The highest BCUT2D eigenvalue weighted by Crippen LogP contribution is 2.52. The van der Waals surface area contributed by atoms with Gasteiger partial charge in [0.1, 0.15) is 0 Å². The molecule has 0 bridgehead atoms. The van der Waals surface area contributed by atoms with E-state index in [-0.39, 0.29) is 6.10 Å². The number of aliphatic hydroxyl groups excluding tert-OH is 1. The quantitative estimate of drug-likeness (QED) is 0.583. The number of rotatable bonds is 4. The molecule has 5 unspecified atom stereocenters. The third-order valence-corrected chi connectivity index (χ3v) is 7.01. The summed E-state index contributed by atoms with van der Waals surface area (Å²) in [6.07, 6.45) is 12.9. The lowest BCUT2D eigenvalue weighted by atomic mass is 9.78. The van der Waals surface area contributed by atoms with Crippen molar-refractivity contribution in [3.05, 3.63) is 0 Å². The van der Waals surface area contributed by atoms with Crippen molar-refractivity contribution in [1.29, 1.82) is 0 Å². The Hall–Kier alpha value is 0.350. The Kier molecular flexibility index (Phi) is 14.9. The fourth-order valence-corrected chi connectivity index (χ4v) is 5.96. The molecule has 0 heterocycles. The van der Waals surface area contributed by atoms with Crippen molar-refractivity contribution in [1.82, 2.24) is 0 Å². The summed E-state index contributed by atoms with van der Waals surface area (Å²) in [7, 11) is -0.784. The zero-order chi connectivity index (χ0) is 17.7. The number of aliphatic hydroxyl groups is 1. The summed E-state index contributed by atoms with van der Waals surface area (Å²) in [5, 5.41) is 10.1. The fourth-order valence-electron chi connectivity index (χ4n) is 3.87. The summed E-state index contributed by atoms with van der Waals surface area (Å²) >= 11 is 0. The second-order valence-electron chi connectivity index (χ2n) is 7.26. The highest BCUT2D eigenvalue weighted by Gasteiger charge is 2.40. The van der Waals surface area contributed by atoms with Crippen molar-refractivity contribution >= 4 is 8.15 Å². The smallest absolute Gasteiger partial charge is 0.0571 e. The van der Waals surface area contributed by atoms with Crippen LogP contribution in [-0.2, 0) is 0 Å². The van der Waals surface area contributed by atoms with Gasteiger partial charge in [0, 0.05) is 13.8 Å². The van der Waals surface area contributed by atoms with Crippen molar-refractivity contribution in [3.63, 3.8) is 0 Å². The molecule has 2 fully saturated rings. The Morgan fingerprint density at radius 3 is 1.78 bits per heavy atom. The summed E-state index contributed by atoms with van der Waals surface area (Å²) in [5.41, 5.74) is 0.524. The van der Waals surface area contributed by atoms with Gasteiger partial charge in [0.25, 0.3) is 0 Å². The van der Waals surface area contributed by atoms with Gasteiger partial charge < -0.3 is 10.00 Å². The van der Waals surface area contributed by atoms with Crippen molar-refractivity contribution in [2.24, 2.45) is 11.8 Å². The van der Waals surface area contributed by atoms with Gasteiger partial charge in [-0.2, -0.15) is 0 Å². The minimum Gasteiger partial charge on any atom is -0.393 e. The van der Waals surface area contributed by atoms with Crippen LogP contribution in [0.3, 0.4) is 0 Å². The van der Waals surface area contributed by atoms with Gasteiger partial charge in [0.05, 0.1) is 6.10 Å². The zero-order valence-corrected chi connectivity index (χ0v) is 17.3. The zero-order valence-electron chi connectivity index (χ0n) is 16.4. The third-order valence-electron chi connectivity index (χ3n) is 4.70. The lowest BCUT2D eigenvalue weighted by Gasteiger charge is -2.39. The summed E-state index contributed by atoms with van der Waals surface area (Å²) in [6, 6.07) is 0. The first kappa shape index (κ1) is 23.4. The standard InChI is InChI=1S/C14H27O2P.2C3H8/c1-2-10-17(16)14-9-4-3-6-12(14)11-7-5-8-13(11)15;2*1-3-2/h11-16H,2-10H2,1H3;2*3H2,1-2H3. The Morgan fingerprint density at radius 2 is 1.30 bits per heavy atom. The monoisotopic (exact) mass is 346 g/mol. The maximum atomic E-state index is 10.4. The molecule has 2 aliphatic rings. The van der Waals surface area contributed by atoms with Crippen LogP contribution in [-0.4, -0.2) is 27.9 Å². The molecular formula is C20H43O2P. The predicted molar refractivity (Wildman–Crippen MR) is 105 cm³/mol. The Labute approximate surface area is 147 Å². The minimum absolute atomic E-state index is 0.0781. The molecule has 2 aliphatic carbocycles. The summed E-state index contributed by atoms with van der Waals surface area (Å²) in [4.78, 5) is 10.4. The molecule has 0 radical (unpaired) electrons. The van der Waals surface area contributed by atoms with Crippen LogP contribution in [0.15, 0.2) is 0 Å². The van der Waals surface area contributed by atoms with E-state index in [1.165, 1.54) is 51.4 Å². The van der Waals surface area contributed by atoms with E-state index >= 15 is 0 Å². The van der Waals surface area contributed by atoms with E-state index in [4.69, 9.17) is 0 Å². The van der Waals surface area contributed by atoms with E-state index in [0.29, 0.717) is 17.5 Å². The molecule has 0 aromatic heterocycles. The molecule has 0 spiro atoms. The number of hydrogen-bond acceptors (Lipinski definition) is 2. The van der Waals surface area contributed by atoms with E-state index in [9.17, 15) is 10.00 Å². The molecule has 0 aliphatic heterocycles. The van der Waals surface area contributed by atoms with Crippen molar-refractivity contribution in [3.8, 4) is 0 Å². The van der Waals surface area contributed by atoms with Crippen LogP contribution in [0.1, 0.15) is 98.8 Å². The molecule has 2 nitrogen and oxygen atoms in total. The summed E-state index contributed by atoms with van der Waals surface area (Å²) in [5.74, 6) is 1.11. The van der Waals surface area contributed by atoms with Gasteiger partial charge in [-0.1, -0.05) is 73.1 Å². The van der Waals surface area contributed by atoms with Gasteiger partial charge in [-0.15, -0.1) is 0 Å². The summed E-state index contributed by atoms with van der Waals surface area (Å²) in [6.45, 7) is 10.7. The first-order valence-electron chi connectivity index (χ1n) is 10.2. The maximum Gasteiger partial charge on any atom is 0.0571 e. The van der Waals surface area contributed by atoms with E-state index in [0.717, 1.165) is 19.0 Å². The topological polar surface area (TPSA) is 40.5 Å². The molecule has 2 saturated carbocycles. The van der Waals surface area contributed by atoms with E-state index in [2.05, 4.69) is 34.6 Å². The van der Waals surface area contributed by atoms with E-state index < -0.39 is 8.15 Å². The second-order valence-corrected chi connectivity index (χ2v) is 9.24. The molecule has 2 rings (SSSR count). The largest absolute Gasteiger partial charge is 0.393 e. The average molecular weight is 347 g/mol. The molecular weight excluding hydrogens is 303 g/mol. The lowest BCUT2D eigenvalue weighted by molar-refractivity contribution is 0.0841. The summed E-state index contributed by atoms with van der Waals surface area (Å²) < 4.78 is 0.